The first-order chi connectivity index (χ1) is 18.8. The van der Waals surface area contributed by atoms with Crippen LogP contribution in [0.5, 0.6) is 5.75 Å². The number of nitrogens with one attached hydrogen (secondary N) is 1. The monoisotopic (exact) mass is 568 g/mol. The van der Waals surface area contributed by atoms with Crippen LogP contribution in [0.3, 0.4) is 0 Å². The number of Topliss-reactive ketones (excluding diaryl/α,β-unsaturated/α-hetero) is 1. The molecule has 1 heterocycles. The highest BCUT2D eigenvalue weighted by molar-refractivity contribution is 6.32. The van der Waals surface area contributed by atoms with Gasteiger partial charge in [-0.3, -0.25) is 19.3 Å². The minimum Gasteiger partial charge on any atom is -0.489 e. The fraction of sp³-hybridized carbons (Fsp3) is 0.400. The number of aryl methyl sites for hydroxylation is 1. The number of nitrogens with zero attached hydrogens (tertiary/aromatic N) is 3. The highest BCUT2D eigenvalue weighted by Gasteiger charge is 2.23. The molecule has 2 atom stereocenters. The van der Waals surface area contributed by atoms with E-state index in [4.69, 9.17) is 16.3 Å². The first-order valence-electron chi connectivity index (χ1n) is 13.2. The molecule has 0 radical (unpaired) electrons. The molecule has 3 rings (SSSR count). The number of likely N-dealkylation sites (N-methyl/N-ethyl adjacent to an activating group) is 1. The van der Waals surface area contributed by atoms with Gasteiger partial charge in [-0.2, -0.15) is 0 Å². The third-order valence-electron chi connectivity index (χ3n) is 6.51. The number of carbonyl (C=O) groups excluding carboxylic acids is 2. The summed E-state index contributed by atoms with van der Waals surface area (Å²) in [6, 6.07) is 11.6. The molecular weight excluding hydrogens is 532 g/mol. The number of amides is 1. The normalized spacial score (nSPS) is 12.8. The summed E-state index contributed by atoms with van der Waals surface area (Å²) in [4.78, 5) is 42.8. The van der Waals surface area contributed by atoms with Gasteiger partial charge >= 0.3 is 5.97 Å². The maximum absolute atomic E-state index is 13.2. The number of hydrogen-bond acceptors (Lipinski definition) is 6. The van der Waals surface area contributed by atoms with Crippen LogP contribution in [-0.2, 0) is 18.3 Å². The van der Waals surface area contributed by atoms with Gasteiger partial charge in [0.25, 0.3) is 5.91 Å². The van der Waals surface area contributed by atoms with Crippen molar-refractivity contribution in [1.82, 2.24) is 19.8 Å². The van der Waals surface area contributed by atoms with Crippen LogP contribution in [0.4, 0.5) is 0 Å². The number of ether oxygens (including phenoxy) is 1. The molecular formula is C30H37ClN4O5. The maximum atomic E-state index is 13.2. The van der Waals surface area contributed by atoms with E-state index in [1.54, 1.807) is 48.8 Å². The SMILES string of the molecule is CC(=O)c1nc(-c2ccc(C[C@H](CCC(C(=O)O)N(C)C)NC(=O)c3ccc(OC(C)C)c(Cl)c3)cc2)cn1C. The lowest BCUT2D eigenvalue weighted by molar-refractivity contribution is -0.142. The Morgan fingerprint density at radius 1 is 1.10 bits per heavy atom. The first-order valence-corrected chi connectivity index (χ1v) is 13.5. The van der Waals surface area contributed by atoms with Crippen LogP contribution in [-0.4, -0.2) is 69.5 Å². The Morgan fingerprint density at radius 2 is 1.77 bits per heavy atom. The zero-order chi connectivity index (χ0) is 29.6. The van der Waals surface area contributed by atoms with E-state index in [1.807, 2.05) is 44.3 Å². The van der Waals surface area contributed by atoms with Crippen molar-refractivity contribution in [3.63, 3.8) is 0 Å². The van der Waals surface area contributed by atoms with Crippen molar-refractivity contribution in [2.24, 2.45) is 7.05 Å². The van der Waals surface area contributed by atoms with Crippen molar-refractivity contribution in [3.8, 4) is 17.0 Å². The number of rotatable bonds is 13. The van der Waals surface area contributed by atoms with Crippen LogP contribution in [0.1, 0.15) is 60.2 Å². The molecule has 0 bridgehead atoms. The Labute approximate surface area is 240 Å². The van der Waals surface area contributed by atoms with E-state index in [2.05, 4.69) is 10.3 Å². The van der Waals surface area contributed by atoms with E-state index < -0.39 is 12.0 Å². The third-order valence-corrected chi connectivity index (χ3v) is 6.81. The number of carbonyl (C=O) groups is 3. The molecule has 9 nitrogen and oxygen atoms in total. The predicted octanol–water partition coefficient (Wildman–Crippen LogP) is 4.87. The van der Waals surface area contributed by atoms with Crippen molar-refractivity contribution in [2.45, 2.75) is 58.2 Å². The van der Waals surface area contributed by atoms with Gasteiger partial charge in [0.05, 0.1) is 16.8 Å². The molecule has 1 unspecified atom stereocenters. The summed E-state index contributed by atoms with van der Waals surface area (Å²) in [5, 5.41) is 13.0. The standard InChI is InChI=1S/C30H37ClN4O5/c1-18(2)40-27-14-11-22(16-24(27)31)29(37)32-23(12-13-26(30(38)39)34(4)5)15-20-7-9-21(10-8-20)25-17-35(6)28(33-25)19(3)36/h7-11,14,16-18,23,26H,12-13,15H2,1-6H3,(H,32,37)(H,38,39)/t23-,26?/m0/s1. The molecule has 1 aromatic heterocycles. The summed E-state index contributed by atoms with van der Waals surface area (Å²) < 4.78 is 7.37. The van der Waals surface area contributed by atoms with E-state index in [0.717, 1.165) is 11.1 Å². The quantitative estimate of drug-likeness (QED) is 0.283. The van der Waals surface area contributed by atoms with Crippen LogP contribution in [0.25, 0.3) is 11.3 Å². The molecule has 0 aliphatic rings. The van der Waals surface area contributed by atoms with E-state index in [-0.39, 0.29) is 23.8 Å². The molecule has 0 aliphatic heterocycles. The van der Waals surface area contributed by atoms with Gasteiger partial charge in [0, 0.05) is 37.3 Å². The summed E-state index contributed by atoms with van der Waals surface area (Å²) in [5.41, 5.74) is 2.91. The average molecular weight is 569 g/mol. The maximum Gasteiger partial charge on any atom is 0.320 e. The molecule has 0 fully saturated rings. The molecule has 40 heavy (non-hydrogen) atoms. The Balaban J connectivity index is 1.79. The lowest BCUT2D eigenvalue weighted by atomic mass is 9.97. The summed E-state index contributed by atoms with van der Waals surface area (Å²) in [6.07, 6.45) is 3.06. The number of aliphatic carboxylic acids is 1. The molecule has 3 aromatic rings. The summed E-state index contributed by atoms with van der Waals surface area (Å²) in [5.74, 6) is -0.429. The topological polar surface area (TPSA) is 114 Å². The number of aromatic nitrogens is 2. The van der Waals surface area contributed by atoms with Crippen molar-refractivity contribution in [2.75, 3.05) is 14.1 Å². The molecule has 0 spiro atoms. The minimum absolute atomic E-state index is 0.0549. The molecule has 2 N–H and O–H groups in total. The molecule has 0 saturated heterocycles. The molecule has 2 aromatic carbocycles. The molecule has 10 heteroatoms. The second-order valence-corrected chi connectivity index (χ2v) is 10.8. The van der Waals surface area contributed by atoms with Gasteiger partial charge in [-0.25, -0.2) is 4.98 Å². The lowest BCUT2D eigenvalue weighted by Gasteiger charge is -2.24. The molecule has 214 valence electrons. The van der Waals surface area contributed by atoms with E-state index in [1.165, 1.54) is 6.92 Å². The van der Waals surface area contributed by atoms with Gasteiger partial charge < -0.3 is 19.7 Å². The van der Waals surface area contributed by atoms with Crippen molar-refractivity contribution in [3.05, 3.63) is 70.6 Å². The van der Waals surface area contributed by atoms with Gasteiger partial charge in [0.15, 0.2) is 11.6 Å². The third kappa shape index (κ3) is 8.16. The van der Waals surface area contributed by atoms with Crippen LogP contribution < -0.4 is 10.1 Å². The van der Waals surface area contributed by atoms with Crippen molar-refractivity contribution < 1.29 is 24.2 Å². The fourth-order valence-corrected chi connectivity index (χ4v) is 4.70. The Morgan fingerprint density at radius 3 is 2.30 bits per heavy atom. The van der Waals surface area contributed by atoms with E-state index in [9.17, 15) is 19.5 Å². The van der Waals surface area contributed by atoms with Crippen LogP contribution >= 0.6 is 11.6 Å². The Kier molecular flexibility index (Phi) is 10.5. The molecule has 1 amide bonds. The number of hydrogen-bond donors (Lipinski definition) is 2. The largest absolute Gasteiger partial charge is 0.489 e. The van der Waals surface area contributed by atoms with Gasteiger partial charge in [-0.15, -0.1) is 0 Å². The minimum atomic E-state index is -0.910. The first kappa shape index (κ1) is 30.8. The summed E-state index contributed by atoms with van der Waals surface area (Å²) >= 11 is 6.35. The van der Waals surface area contributed by atoms with E-state index in [0.29, 0.717) is 47.1 Å². The van der Waals surface area contributed by atoms with Crippen molar-refractivity contribution >= 4 is 29.3 Å². The Hall–Kier alpha value is -3.69. The van der Waals surface area contributed by atoms with Crippen LogP contribution in [0.15, 0.2) is 48.7 Å². The molecule has 0 aliphatic carbocycles. The van der Waals surface area contributed by atoms with Gasteiger partial charge in [-0.05, 0) is 71.0 Å². The second kappa shape index (κ2) is 13.6. The van der Waals surface area contributed by atoms with Gasteiger partial charge in [0.1, 0.15) is 11.8 Å². The summed E-state index contributed by atoms with van der Waals surface area (Å²) in [6.45, 7) is 5.27. The zero-order valence-corrected chi connectivity index (χ0v) is 24.5. The second-order valence-electron chi connectivity index (χ2n) is 10.4. The number of carboxylic acids is 1. The highest BCUT2D eigenvalue weighted by atomic mass is 35.5. The van der Waals surface area contributed by atoms with Crippen LogP contribution in [0.2, 0.25) is 5.02 Å². The van der Waals surface area contributed by atoms with E-state index >= 15 is 0 Å². The van der Waals surface area contributed by atoms with Crippen LogP contribution in [0, 0.1) is 0 Å². The number of imidazole rings is 1. The van der Waals surface area contributed by atoms with Gasteiger partial charge in [-0.1, -0.05) is 35.9 Å². The smallest absolute Gasteiger partial charge is 0.320 e. The zero-order valence-electron chi connectivity index (χ0n) is 23.8. The molecule has 0 saturated carbocycles. The number of ketones is 1. The average Bonchev–Trinajstić information content (AvgIpc) is 3.26. The lowest BCUT2D eigenvalue weighted by Crippen LogP contribution is -2.40. The number of benzene rings is 2. The summed E-state index contributed by atoms with van der Waals surface area (Å²) in [7, 11) is 5.23. The number of halogens is 1. The number of carboxylic acid groups (broad SMARTS) is 1. The fourth-order valence-electron chi connectivity index (χ4n) is 4.48. The highest BCUT2D eigenvalue weighted by Crippen LogP contribution is 2.27. The van der Waals surface area contributed by atoms with Gasteiger partial charge in [0.2, 0.25) is 0 Å². The predicted molar refractivity (Wildman–Crippen MR) is 155 cm³/mol. The Bertz CT molecular complexity index is 1350. The van der Waals surface area contributed by atoms with Crippen molar-refractivity contribution in [1.29, 1.82) is 0 Å².